The summed E-state index contributed by atoms with van der Waals surface area (Å²) >= 11 is 1.44. The lowest BCUT2D eigenvalue weighted by molar-refractivity contribution is -0.116. The molecule has 0 fully saturated rings. The van der Waals surface area contributed by atoms with E-state index in [0.717, 1.165) is 23.1 Å². The normalized spacial score (nSPS) is 10.6. The largest absolute Gasteiger partial charge is 0.326 e. The second-order valence-electron chi connectivity index (χ2n) is 5.67. The van der Waals surface area contributed by atoms with Crippen molar-refractivity contribution >= 4 is 44.2 Å². The maximum atomic E-state index is 12.3. The summed E-state index contributed by atoms with van der Waals surface area (Å²) in [6, 6.07) is 14.6. The quantitative estimate of drug-likeness (QED) is 0.676. The molecular formula is C19H19N3O2S. The number of nitrogens with one attached hydrogen (secondary N) is 2. The summed E-state index contributed by atoms with van der Waals surface area (Å²) in [5, 5.41) is 6.22. The number of anilines is 2. The summed E-state index contributed by atoms with van der Waals surface area (Å²) in [4.78, 5) is 28.4. The van der Waals surface area contributed by atoms with Gasteiger partial charge in [-0.05, 0) is 42.8 Å². The van der Waals surface area contributed by atoms with Crippen LogP contribution in [0.25, 0.3) is 10.2 Å². The molecule has 1 aromatic heterocycles. The van der Waals surface area contributed by atoms with Crippen molar-refractivity contribution in [1.82, 2.24) is 4.98 Å². The highest BCUT2D eigenvalue weighted by atomic mass is 32.1. The van der Waals surface area contributed by atoms with Gasteiger partial charge in [0.05, 0.1) is 10.2 Å². The molecule has 0 radical (unpaired) electrons. The molecule has 6 heteroatoms. The Balaban J connectivity index is 1.63. The van der Waals surface area contributed by atoms with Crippen molar-refractivity contribution in [3.63, 3.8) is 0 Å². The minimum Gasteiger partial charge on any atom is -0.326 e. The van der Waals surface area contributed by atoms with E-state index in [1.807, 2.05) is 31.2 Å². The van der Waals surface area contributed by atoms with Crippen molar-refractivity contribution in [2.75, 3.05) is 10.6 Å². The van der Waals surface area contributed by atoms with Gasteiger partial charge in [-0.15, -0.1) is 0 Å². The number of para-hydroxylation sites is 1. The van der Waals surface area contributed by atoms with Gasteiger partial charge in [0.25, 0.3) is 5.91 Å². The van der Waals surface area contributed by atoms with Crippen LogP contribution in [0.4, 0.5) is 10.8 Å². The minimum atomic E-state index is -0.220. The number of benzene rings is 2. The van der Waals surface area contributed by atoms with Gasteiger partial charge in [-0.25, -0.2) is 4.98 Å². The molecule has 0 aliphatic heterocycles. The molecular weight excluding hydrogens is 334 g/mol. The van der Waals surface area contributed by atoms with E-state index in [4.69, 9.17) is 0 Å². The third kappa shape index (κ3) is 4.42. The summed E-state index contributed by atoms with van der Waals surface area (Å²) in [7, 11) is 0. The summed E-state index contributed by atoms with van der Waals surface area (Å²) in [6.07, 6.45) is 2.36. The third-order valence-electron chi connectivity index (χ3n) is 3.70. The van der Waals surface area contributed by atoms with Crippen LogP contribution >= 0.6 is 11.3 Å². The van der Waals surface area contributed by atoms with Crippen LogP contribution < -0.4 is 10.6 Å². The lowest BCUT2D eigenvalue weighted by Gasteiger charge is -2.06. The van der Waals surface area contributed by atoms with Crippen LogP contribution in [0, 0.1) is 0 Å². The highest BCUT2D eigenvalue weighted by molar-refractivity contribution is 7.22. The molecule has 2 N–H and O–H groups in total. The van der Waals surface area contributed by atoms with Crippen LogP contribution in [0.1, 0.15) is 36.5 Å². The molecule has 1 heterocycles. The zero-order valence-electron chi connectivity index (χ0n) is 13.9. The predicted molar refractivity (Wildman–Crippen MR) is 102 cm³/mol. The Morgan fingerprint density at radius 2 is 1.80 bits per heavy atom. The average molecular weight is 353 g/mol. The van der Waals surface area contributed by atoms with Crippen molar-refractivity contribution in [3.05, 3.63) is 54.1 Å². The summed E-state index contributed by atoms with van der Waals surface area (Å²) in [6.45, 7) is 2.05. The third-order valence-corrected chi connectivity index (χ3v) is 4.65. The number of nitrogens with zero attached hydrogens (tertiary/aromatic N) is 1. The van der Waals surface area contributed by atoms with Gasteiger partial charge >= 0.3 is 0 Å². The van der Waals surface area contributed by atoms with E-state index in [1.165, 1.54) is 11.3 Å². The van der Waals surface area contributed by atoms with E-state index in [2.05, 4.69) is 15.6 Å². The molecule has 3 aromatic rings. The molecule has 0 bridgehead atoms. The number of carbonyl (C=O) groups is 2. The minimum absolute atomic E-state index is 0.00599. The maximum absolute atomic E-state index is 12.3. The summed E-state index contributed by atoms with van der Waals surface area (Å²) in [5.74, 6) is -0.226. The highest BCUT2D eigenvalue weighted by Crippen LogP contribution is 2.25. The van der Waals surface area contributed by atoms with Crippen LogP contribution in [-0.4, -0.2) is 16.8 Å². The molecule has 128 valence electrons. The van der Waals surface area contributed by atoms with Gasteiger partial charge in [0, 0.05) is 17.7 Å². The maximum Gasteiger partial charge on any atom is 0.257 e. The van der Waals surface area contributed by atoms with Crippen molar-refractivity contribution in [2.24, 2.45) is 0 Å². The number of hydrogen-bond acceptors (Lipinski definition) is 4. The Bertz CT molecular complexity index is 854. The molecule has 0 saturated heterocycles. The molecule has 3 rings (SSSR count). The van der Waals surface area contributed by atoms with Gasteiger partial charge in [0.2, 0.25) is 5.91 Å². The van der Waals surface area contributed by atoms with Crippen molar-refractivity contribution in [2.45, 2.75) is 26.2 Å². The Hall–Kier alpha value is -2.73. The zero-order valence-corrected chi connectivity index (χ0v) is 14.7. The second-order valence-corrected chi connectivity index (χ2v) is 6.70. The van der Waals surface area contributed by atoms with Crippen LogP contribution in [-0.2, 0) is 4.79 Å². The molecule has 0 aliphatic rings. The van der Waals surface area contributed by atoms with Crippen LogP contribution in [0.3, 0.4) is 0 Å². The molecule has 2 aromatic carbocycles. The monoisotopic (exact) mass is 353 g/mol. The number of aromatic nitrogens is 1. The Labute approximate surface area is 150 Å². The van der Waals surface area contributed by atoms with E-state index in [-0.39, 0.29) is 11.8 Å². The van der Waals surface area contributed by atoms with E-state index < -0.39 is 0 Å². The molecule has 0 aliphatic carbocycles. The van der Waals surface area contributed by atoms with Gasteiger partial charge in [-0.3, -0.25) is 14.9 Å². The molecule has 0 spiro atoms. The highest BCUT2D eigenvalue weighted by Gasteiger charge is 2.10. The van der Waals surface area contributed by atoms with Gasteiger partial charge in [-0.1, -0.05) is 36.8 Å². The molecule has 25 heavy (non-hydrogen) atoms. The first-order valence-electron chi connectivity index (χ1n) is 8.22. The summed E-state index contributed by atoms with van der Waals surface area (Å²) in [5.41, 5.74) is 2.08. The van der Waals surface area contributed by atoms with E-state index in [1.54, 1.807) is 24.3 Å². The van der Waals surface area contributed by atoms with E-state index in [9.17, 15) is 9.59 Å². The predicted octanol–water partition coefficient (Wildman–Crippen LogP) is 4.68. The topological polar surface area (TPSA) is 71.1 Å². The number of unbranched alkanes of at least 4 members (excludes halogenated alkanes) is 1. The molecule has 0 saturated carbocycles. The molecule has 5 nitrogen and oxygen atoms in total. The van der Waals surface area contributed by atoms with Gasteiger partial charge < -0.3 is 5.32 Å². The van der Waals surface area contributed by atoms with Crippen LogP contribution in [0.15, 0.2) is 48.5 Å². The number of fused-ring (bicyclic) bond motifs is 1. The number of thiazole rings is 1. The van der Waals surface area contributed by atoms with Gasteiger partial charge in [-0.2, -0.15) is 0 Å². The standard InChI is InChI=1S/C19H19N3O2S/c1-2-3-8-17(23)20-14-11-9-13(10-12-14)18(24)22-19-21-15-6-4-5-7-16(15)25-19/h4-7,9-12H,2-3,8H2,1H3,(H,20,23)(H,21,22,24). The summed E-state index contributed by atoms with van der Waals surface area (Å²) < 4.78 is 1.03. The van der Waals surface area contributed by atoms with Crippen molar-refractivity contribution in [1.29, 1.82) is 0 Å². The smallest absolute Gasteiger partial charge is 0.257 e. The lowest BCUT2D eigenvalue weighted by atomic mass is 10.2. The number of rotatable bonds is 6. The number of carbonyl (C=O) groups excluding carboxylic acids is 2. The Morgan fingerprint density at radius 1 is 1.04 bits per heavy atom. The van der Waals surface area contributed by atoms with Crippen LogP contribution in [0.2, 0.25) is 0 Å². The van der Waals surface area contributed by atoms with Crippen molar-refractivity contribution < 1.29 is 9.59 Å². The zero-order chi connectivity index (χ0) is 17.6. The van der Waals surface area contributed by atoms with Crippen LogP contribution in [0.5, 0.6) is 0 Å². The van der Waals surface area contributed by atoms with E-state index >= 15 is 0 Å². The SMILES string of the molecule is CCCCC(=O)Nc1ccc(C(=O)Nc2nc3ccccc3s2)cc1. The first-order chi connectivity index (χ1) is 12.2. The Kier molecular flexibility index (Phi) is 5.40. The van der Waals surface area contributed by atoms with Crippen molar-refractivity contribution in [3.8, 4) is 0 Å². The first-order valence-corrected chi connectivity index (χ1v) is 9.04. The van der Waals surface area contributed by atoms with E-state index in [0.29, 0.717) is 22.8 Å². The molecule has 0 unspecified atom stereocenters. The van der Waals surface area contributed by atoms with Gasteiger partial charge in [0.15, 0.2) is 5.13 Å². The fraction of sp³-hybridized carbons (Fsp3) is 0.211. The Morgan fingerprint density at radius 3 is 2.52 bits per heavy atom. The molecule has 0 atom stereocenters. The molecule has 2 amide bonds. The fourth-order valence-electron chi connectivity index (χ4n) is 2.36. The number of amides is 2. The first kappa shape index (κ1) is 17.1. The fourth-order valence-corrected chi connectivity index (χ4v) is 3.22. The lowest BCUT2D eigenvalue weighted by Crippen LogP contribution is -2.13. The second kappa shape index (κ2) is 7.90. The van der Waals surface area contributed by atoms with Gasteiger partial charge in [0.1, 0.15) is 0 Å². The average Bonchev–Trinajstić information content (AvgIpc) is 3.02. The number of hydrogen-bond donors (Lipinski definition) is 2.